The number of halogens is 1. The van der Waals surface area contributed by atoms with Gasteiger partial charge in [0.05, 0.1) is 44.6 Å². The van der Waals surface area contributed by atoms with Gasteiger partial charge in [0.1, 0.15) is 29.6 Å². The maximum atomic E-state index is 15.0. The number of nitro groups is 1. The zero-order valence-corrected chi connectivity index (χ0v) is 30.8. The molecule has 2 aromatic carbocycles. The number of nitro benzene ring substituents is 1. The lowest BCUT2D eigenvalue weighted by atomic mass is 9.52. The number of aliphatic hydroxyl groups is 1. The number of hydrogen-bond donors (Lipinski definition) is 1. The van der Waals surface area contributed by atoms with Gasteiger partial charge in [-0.2, -0.15) is 5.10 Å². The van der Waals surface area contributed by atoms with Crippen LogP contribution >= 0.6 is 22.9 Å². The molecule has 6 atom stereocenters. The molecule has 3 fully saturated rings. The summed E-state index contributed by atoms with van der Waals surface area (Å²) in [5.74, 6) is -4.66. The van der Waals surface area contributed by atoms with Gasteiger partial charge in [0.15, 0.2) is 0 Å². The first kappa shape index (κ1) is 34.3. The molecule has 6 unspecified atom stereocenters. The predicted molar refractivity (Wildman–Crippen MR) is 199 cm³/mol. The van der Waals surface area contributed by atoms with E-state index >= 15 is 0 Å². The third-order valence-electron chi connectivity index (χ3n) is 11.9. The number of carbonyl (C=O) groups excluding carboxylic acids is 4. The number of amides is 4. The van der Waals surface area contributed by atoms with Crippen LogP contribution in [0.4, 0.5) is 17.2 Å². The van der Waals surface area contributed by atoms with Gasteiger partial charge in [0, 0.05) is 35.0 Å². The SMILES string of the molecule is Cc1c(-c2cc(N3C(=O)C4CC5C(=CCC6C(=O)N(c7ccc([N+](=O)[O-])cc7)C(=O)C65)C(c5ccc(CO)o5)C4(C)C3=O)n(C)n2)sc2ccc(Cl)cc12. The lowest BCUT2D eigenvalue weighted by molar-refractivity contribution is -0.384. The normalized spacial score (nSPS) is 26.4. The van der Waals surface area contributed by atoms with Crippen LogP contribution in [-0.4, -0.2) is 43.4 Å². The first-order valence-electron chi connectivity index (χ1n) is 17.5. The average molecular weight is 766 g/mol. The molecule has 0 spiro atoms. The number of imide groups is 2. The number of anilines is 2. The van der Waals surface area contributed by atoms with E-state index in [0.717, 1.165) is 31.0 Å². The van der Waals surface area contributed by atoms with Crippen molar-refractivity contribution in [3.05, 3.63) is 105 Å². The first-order chi connectivity index (χ1) is 25.8. The van der Waals surface area contributed by atoms with Gasteiger partial charge >= 0.3 is 0 Å². The molecule has 0 bridgehead atoms. The Kier molecular flexibility index (Phi) is 7.65. The maximum absolute atomic E-state index is 15.0. The Morgan fingerprint density at radius 2 is 1.78 bits per heavy atom. The molecule has 4 aliphatic rings. The Labute approximate surface area is 316 Å². The van der Waals surface area contributed by atoms with Gasteiger partial charge in [0.25, 0.3) is 5.69 Å². The second-order valence-corrected chi connectivity index (χ2v) is 16.1. The predicted octanol–water partition coefficient (Wildman–Crippen LogP) is 6.69. The average Bonchev–Trinajstić information content (AvgIpc) is 3.95. The van der Waals surface area contributed by atoms with Crippen molar-refractivity contribution in [2.75, 3.05) is 9.80 Å². The van der Waals surface area contributed by atoms with E-state index in [-0.39, 0.29) is 36.6 Å². The Bertz CT molecular complexity index is 2520. The van der Waals surface area contributed by atoms with Crippen LogP contribution in [0.25, 0.3) is 20.7 Å². The number of furan rings is 1. The second kappa shape index (κ2) is 12.0. The molecule has 2 aliphatic carbocycles. The van der Waals surface area contributed by atoms with Crippen molar-refractivity contribution >= 4 is 73.8 Å². The Balaban J connectivity index is 1.12. The minimum atomic E-state index is -1.35. The van der Waals surface area contributed by atoms with Crippen LogP contribution in [0.5, 0.6) is 0 Å². The summed E-state index contributed by atoms with van der Waals surface area (Å²) in [6.45, 7) is 3.36. The zero-order valence-electron chi connectivity index (χ0n) is 29.2. The van der Waals surface area contributed by atoms with E-state index in [2.05, 4.69) is 0 Å². The number of benzene rings is 2. The number of fused-ring (bicyclic) bond motifs is 5. The van der Waals surface area contributed by atoms with E-state index in [1.807, 2.05) is 31.2 Å². The number of aryl methyl sites for hydroxylation is 2. The molecule has 54 heavy (non-hydrogen) atoms. The molecular formula is C39H32ClN5O8S. The number of allylic oxidation sites excluding steroid dienone is 2. The highest BCUT2D eigenvalue weighted by molar-refractivity contribution is 7.22. The summed E-state index contributed by atoms with van der Waals surface area (Å²) in [6.07, 6.45) is 2.25. The van der Waals surface area contributed by atoms with Crippen LogP contribution in [0.3, 0.4) is 0 Å². The lowest BCUT2D eigenvalue weighted by Gasteiger charge is -2.48. The monoisotopic (exact) mass is 765 g/mol. The van der Waals surface area contributed by atoms with Crippen molar-refractivity contribution < 1.29 is 33.6 Å². The topological polar surface area (TPSA) is 169 Å². The highest BCUT2D eigenvalue weighted by atomic mass is 35.5. The third kappa shape index (κ3) is 4.69. The number of aromatic nitrogens is 2. The molecule has 4 amide bonds. The molecule has 1 saturated carbocycles. The number of hydrogen-bond acceptors (Lipinski definition) is 10. The van der Waals surface area contributed by atoms with E-state index in [1.165, 1.54) is 45.2 Å². The van der Waals surface area contributed by atoms with Crippen molar-refractivity contribution in [3.63, 3.8) is 0 Å². The minimum absolute atomic E-state index is 0.128. The summed E-state index contributed by atoms with van der Waals surface area (Å²) in [6, 6.07) is 16.0. The molecular weight excluding hydrogens is 734 g/mol. The minimum Gasteiger partial charge on any atom is -0.463 e. The quantitative estimate of drug-likeness (QED) is 0.0857. The molecule has 274 valence electrons. The molecule has 2 aliphatic heterocycles. The summed E-state index contributed by atoms with van der Waals surface area (Å²) in [5, 5.41) is 27.6. The van der Waals surface area contributed by atoms with Crippen molar-refractivity contribution in [2.45, 2.75) is 39.2 Å². The summed E-state index contributed by atoms with van der Waals surface area (Å²) in [4.78, 5) is 71.8. The number of aliphatic hydroxyl groups excluding tert-OH is 1. The smallest absolute Gasteiger partial charge is 0.269 e. The molecule has 13 nitrogen and oxygen atoms in total. The molecule has 3 aromatic heterocycles. The van der Waals surface area contributed by atoms with Crippen LogP contribution in [0.2, 0.25) is 5.02 Å². The third-order valence-corrected chi connectivity index (χ3v) is 13.5. The Morgan fingerprint density at radius 1 is 1.02 bits per heavy atom. The molecule has 5 heterocycles. The van der Waals surface area contributed by atoms with E-state index in [4.69, 9.17) is 21.1 Å². The summed E-state index contributed by atoms with van der Waals surface area (Å²) in [7, 11) is 1.68. The fourth-order valence-corrected chi connectivity index (χ4v) is 10.7. The van der Waals surface area contributed by atoms with Gasteiger partial charge in [0.2, 0.25) is 23.6 Å². The number of thiophene rings is 1. The zero-order chi connectivity index (χ0) is 38.0. The number of non-ortho nitro benzene ring substituents is 1. The first-order valence-corrected chi connectivity index (χ1v) is 18.7. The fraction of sp³-hybridized carbons (Fsp3) is 0.308. The molecule has 1 N–H and O–H groups in total. The molecule has 15 heteroatoms. The molecule has 9 rings (SSSR count). The van der Waals surface area contributed by atoms with Crippen LogP contribution < -0.4 is 9.80 Å². The summed E-state index contributed by atoms with van der Waals surface area (Å²) in [5.41, 5.74) is 1.00. The summed E-state index contributed by atoms with van der Waals surface area (Å²) >= 11 is 7.83. The fourth-order valence-electron chi connectivity index (χ4n) is 9.36. The maximum Gasteiger partial charge on any atom is 0.269 e. The molecule has 2 saturated heterocycles. The second-order valence-electron chi connectivity index (χ2n) is 14.6. The van der Waals surface area contributed by atoms with Crippen molar-refractivity contribution in [1.29, 1.82) is 0 Å². The van der Waals surface area contributed by atoms with Crippen LogP contribution in [-0.2, 0) is 32.8 Å². The van der Waals surface area contributed by atoms with Gasteiger partial charge in [-0.15, -0.1) is 11.3 Å². The van der Waals surface area contributed by atoms with Gasteiger partial charge in [-0.05, 0) is 86.0 Å². The summed E-state index contributed by atoms with van der Waals surface area (Å²) < 4.78 is 8.67. The highest BCUT2D eigenvalue weighted by Gasteiger charge is 2.68. The molecule has 5 aromatic rings. The number of carbonyl (C=O) groups is 4. The van der Waals surface area contributed by atoms with Crippen molar-refractivity contribution in [2.24, 2.45) is 36.1 Å². The Hall–Kier alpha value is -5.44. The number of rotatable bonds is 6. The van der Waals surface area contributed by atoms with Crippen molar-refractivity contribution in [1.82, 2.24) is 9.78 Å². The van der Waals surface area contributed by atoms with Gasteiger partial charge in [-0.3, -0.25) is 38.9 Å². The van der Waals surface area contributed by atoms with Crippen molar-refractivity contribution in [3.8, 4) is 10.6 Å². The van der Waals surface area contributed by atoms with E-state index in [1.54, 1.807) is 32.2 Å². The van der Waals surface area contributed by atoms with Crippen LogP contribution in [0.15, 0.2) is 76.7 Å². The standard InChI is InChI=1S/C39H32ClN5O8S/c1-18-25-14-19(40)4-13-30(25)54-34(18)28-16-31(42(3)41-28)44-36(48)27-15-26-23(33(39(27,2)38(44)50)29-12-9-22(17-46)53-29)10-11-24-32(26)37(49)43(35(24)47)20-5-7-21(8-6-20)45(51)52/h4-10,12-14,16,24,26-27,32-33,46H,11,15,17H2,1-3H3. The molecule has 0 radical (unpaired) electrons. The highest BCUT2D eigenvalue weighted by Crippen LogP contribution is 2.64. The van der Waals surface area contributed by atoms with Crippen LogP contribution in [0, 0.1) is 46.1 Å². The van der Waals surface area contributed by atoms with Gasteiger partial charge in [-0.1, -0.05) is 23.3 Å². The van der Waals surface area contributed by atoms with Crippen LogP contribution in [0.1, 0.15) is 42.8 Å². The largest absolute Gasteiger partial charge is 0.463 e. The van der Waals surface area contributed by atoms with Gasteiger partial charge in [-0.25, -0.2) is 4.90 Å². The van der Waals surface area contributed by atoms with E-state index < -0.39 is 63.6 Å². The lowest BCUT2D eigenvalue weighted by Crippen LogP contribution is -2.48. The van der Waals surface area contributed by atoms with E-state index in [0.29, 0.717) is 22.3 Å². The number of nitrogens with zero attached hydrogens (tertiary/aromatic N) is 5. The van der Waals surface area contributed by atoms with E-state index in [9.17, 15) is 34.4 Å². The Morgan fingerprint density at radius 3 is 2.48 bits per heavy atom. The van der Waals surface area contributed by atoms with Gasteiger partial charge < -0.3 is 9.52 Å².